The fourth-order valence-corrected chi connectivity index (χ4v) is 7.75. The van der Waals surface area contributed by atoms with Gasteiger partial charge in [-0.1, -0.05) is 13.8 Å². The summed E-state index contributed by atoms with van der Waals surface area (Å²) in [6.45, 7) is 4.35. The highest BCUT2D eigenvalue weighted by Crippen LogP contribution is 2.41. The summed E-state index contributed by atoms with van der Waals surface area (Å²) in [5.41, 5.74) is 2.79. The summed E-state index contributed by atoms with van der Waals surface area (Å²) in [5, 5.41) is 6.63. The third kappa shape index (κ3) is 5.49. The molecular weight excluding hydrogens is 500 g/mol. The van der Waals surface area contributed by atoms with Crippen LogP contribution in [0.15, 0.2) is 0 Å². The van der Waals surface area contributed by atoms with Crippen molar-refractivity contribution in [3.05, 3.63) is 32.0 Å². The summed E-state index contributed by atoms with van der Waals surface area (Å²) in [6, 6.07) is 0. The van der Waals surface area contributed by atoms with E-state index in [0.29, 0.717) is 33.0 Å². The van der Waals surface area contributed by atoms with Crippen LogP contribution in [0.2, 0.25) is 0 Å². The highest BCUT2D eigenvalue weighted by atomic mass is 32.1. The molecule has 2 aliphatic rings. The zero-order valence-electron chi connectivity index (χ0n) is 21.1. The Balaban J connectivity index is 1.42. The minimum atomic E-state index is -0.457. The molecule has 194 valence electrons. The van der Waals surface area contributed by atoms with Gasteiger partial charge in [-0.2, -0.15) is 0 Å². The molecule has 0 saturated carbocycles. The van der Waals surface area contributed by atoms with Crippen LogP contribution in [0.25, 0.3) is 0 Å². The molecule has 0 aliphatic heterocycles. The number of amides is 2. The van der Waals surface area contributed by atoms with Crippen LogP contribution in [0.3, 0.4) is 0 Å². The number of carbonyl (C=O) groups is 4. The standard InChI is InChI=1S/C26H32N2O6S2/c1-13-5-7-15-17(11-13)35-23(21(15)25(31)33-3)27-19(29)9-10-20(30)28-24-22(26(32)34-4)16-8-6-14(2)12-18(16)36-24/h13-14H,5-12H2,1-4H3,(H,27,29)(H,28,30). The van der Waals surface area contributed by atoms with Crippen molar-refractivity contribution in [3.63, 3.8) is 0 Å². The van der Waals surface area contributed by atoms with Crippen LogP contribution in [0.4, 0.5) is 10.0 Å². The number of esters is 2. The fourth-order valence-electron chi connectivity index (χ4n) is 4.92. The van der Waals surface area contributed by atoms with Crippen LogP contribution in [-0.2, 0) is 44.7 Å². The Kier molecular flexibility index (Phi) is 8.14. The van der Waals surface area contributed by atoms with Crippen LogP contribution < -0.4 is 10.6 Å². The van der Waals surface area contributed by atoms with Gasteiger partial charge in [0.2, 0.25) is 11.8 Å². The number of rotatable bonds is 7. The second-order valence-corrected chi connectivity index (χ2v) is 11.9. The molecule has 2 unspecified atom stereocenters. The molecule has 0 aromatic carbocycles. The maximum atomic E-state index is 12.7. The van der Waals surface area contributed by atoms with Crippen molar-refractivity contribution in [1.29, 1.82) is 0 Å². The van der Waals surface area contributed by atoms with E-state index in [9.17, 15) is 19.2 Å². The molecule has 0 saturated heterocycles. The average molecular weight is 533 g/mol. The molecule has 2 heterocycles. The summed E-state index contributed by atoms with van der Waals surface area (Å²) in [7, 11) is 2.67. The molecule has 36 heavy (non-hydrogen) atoms. The first-order chi connectivity index (χ1) is 17.2. The quantitative estimate of drug-likeness (QED) is 0.486. The summed E-state index contributed by atoms with van der Waals surface area (Å²) in [5.74, 6) is -0.573. The van der Waals surface area contributed by atoms with Crippen molar-refractivity contribution < 1.29 is 28.7 Å². The second-order valence-electron chi connectivity index (χ2n) is 9.69. The second kappa shape index (κ2) is 11.1. The summed E-state index contributed by atoms with van der Waals surface area (Å²) in [4.78, 5) is 52.5. The van der Waals surface area contributed by atoms with E-state index < -0.39 is 11.9 Å². The van der Waals surface area contributed by atoms with E-state index in [2.05, 4.69) is 24.5 Å². The van der Waals surface area contributed by atoms with Crippen molar-refractivity contribution in [2.24, 2.45) is 11.8 Å². The van der Waals surface area contributed by atoms with Gasteiger partial charge in [-0.25, -0.2) is 9.59 Å². The minimum absolute atomic E-state index is 0.0545. The maximum absolute atomic E-state index is 12.7. The Morgan fingerprint density at radius 3 is 1.50 bits per heavy atom. The predicted molar refractivity (Wildman–Crippen MR) is 140 cm³/mol. The number of nitrogens with one attached hydrogen (secondary N) is 2. The van der Waals surface area contributed by atoms with Gasteiger partial charge in [-0.3, -0.25) is 9.59 Å². The normalized spacial score (nSPS) is 18.6. The van der Waals surface area contributed by atoms with Gasteiger partial charge in [-0.05, 0) is 61.5 Å². The molecule has 0 fully saturated rings. The Bertz CT molecular complexity index is 1110. The number of carbonyl (C=O) groups excluding carboxylic acids is 4. The number of fused-ring (bicyclic) bond motifs is 2. The molecule has 2 aromatic rings. The molecule has 2 aliphatic carbocycles. The van der Waals surface area contributed by atoms with E-state index >= 15 is 0 Å². The van der Waals surface area contributed by atoms with Crippen LogP contribution in [0.5, 0.6) is 0 Å². The van der Waals surface area contributed by atoms with E-state index in [1.165, 1.54) is 36.9 Å². The zero-order chi connectivity index (χ0) is 26.0. The molecule has 0 spiro atoms. The predicted octanol–water partition coefficient (Wildman–Crippen LogP) is 4.99. The van der Waals surface area contributed by atoms with Gasteiger partial charge < -0.3 is 20.1 Å². The lowest BCUT2D eigenvalue weighted by Gasteiger charge is -2.18. The topological polar surface area (TPSA) is 111 Å². The lowest BCUT2D eigenvalue weighted by molar-refractivity contribution is -0.121. The van der Waals surface area contributed by atoms with E-state index in [0.717, 1.165) is 59.4 Å². The van der Waals surface area contributed by atoms with Gasteiger partial charge in [0.05, 0.1) is 25.3 Å². The summed E-state index contributed by atoms with van der Waals surface area (Å²) < 4.78 is 9.94. The van der Waals surface area contributed by atoms with E-state index in [-0.39, 0.29) is 24.7 Å². The van der Waals surface area contributed by atoms with Gasteiger partial charge >= 0.3 is 11.9 Å². The van der Waals surface area contributed by atoms with E-state index in [1.807, 2.05) is 0 Å². The number of methoxy groups -OCH3 is 2. The molecule has 2 aromatic heterocycles. The Labute approximate surface area is 218 Å². The lowest BCUT2D eigenvalue weighted by Crippen LogP contribution is -2.19. The Hall–Kier alpha value is -2.72. The average Bonchev–Trinajstić information content (AvgIpc) is 3.37. The zero-order valence-corrected chi connectivity index (χ0v) is 22.7. The van der Waals surface area contributed by atoms with Crippen molar-refractivity contribution in [2.75, 3.05) is 24.9 Å². The lowest BCUT2D eigenvalue weighted by atomic mass is 9.88. The first kappa shape index (κ1) is 26.3. The number of ether oxygens (including phenoxy) is 2. The van der Waals surface area contributed by atoms with Gasteiger partial charge in [0.25, 0.3) is 0 Å². The maximum Gasteiger partial charge on any atom is 0.341 e. The monoisotopic (exact) mass is 532 g/mol. The first-order valence-electron chi connectivity index (χ1n) is 12.3. The number of hydrogen-bond acceptors (Lipinski definition) is 8. The third-order valence-corrected chi connectivity index (χ3v) is 9.23. The van der Waals surface area contributed by atoms with Crippen LogP contribution in [0.1, 0.15) is 81.1 Å². The van der Waals surface area contributed by atoms with Crippen molar-refractivity contribution >= 4 is 56.4 Å². The van der Waals surface area contributed by atoms with Gasteiger partial charge in [0, 0.05) is 22.6 Å². The highest BCUT2D eigenvalue weighted by molar-refractivity contribution is 7.17. The van der Waals surface area contributed by atoms with E-state index in [1.54, 1.807) is 0 Å². The number of hydrogen-bond donors (Lipinski definition) is 2. The van der Waals surface area contributed by atoms with Gasteiger partial charge in [0.15, 0.2) is 0 Å². The van der Waals surface area contributed by atoms with Gasteiger partial charge in [0.1, 0.15) is 10.0 Å². The smallest absolute Gasteiger partial charge is 0.341 e. The summed E-state index contributed by atoms with van der Waals surface area (Å²) in [6.07, 6.45) is 5.16. The molecule has 0 bridgehead atoms. The van der Waals surface area contributed by atoms with Crippen LogP contribution in [0, 0.1) is 11.8 Å². The number of anilines is 2. The molecule has 2 amide bonds. The molecular formula is C26H32N2O6S2. The largest absolute Gasteiger partial charge is 0.465 e. The first-order valence-corrected chi connectivity index (χ1v) is 13.9. The minimum Gasteiger partial charge on any atom is -0.465 e. The fraction of sp³-hybridized carbons (Fsp3) is 0.538. The molecule has 0 radical (unpaired) electrons. The van der Waals surface area contributed by atoms with Crippen molar-refractivity contribution in [1.82, 2.24) is 0 Å². The Morgan fingerprint density at radius 1 is 0.750 bits per heavy atom. The van der Waals surface area contributed by atoms with E-state index in [4.69, 9.17) is 9.47 Å². The molecule has 2 N–H and O–H groups in total. The Morgan fingerprint density at radius 2 is 1.14 bits per heavy atom. The molecule has 4 rings (SSSR count). The molecule has 2 atom stereocenters. The van der Waals surface area contributed by atoms with Gasteiger partial charge in [-0.15, -0.1) is 22.7 Å². The number of thiophene rings is 2. The molecule has 8 nitrogen and oxygen atoms in total. The highest BCUT2D eigenvalue weighted by Gasteiger charge is 2.30. The van der Waals surface area contributed by atoms with Crippen molar-refractivity contribution in [3.8, 4) is 0 Å². The summed E-state index contributed by atoms with van der Waals surface area (Å²) >= 11 is 2.83. The third-order valence-electron chi connectivity index (χ3n) is 6.89. The van der Waals surface area contributed by atoms with Crippen LogP contribution >= 0.6 is 22.7 Å². The SMILES string of the molecule is COC(=O)c1c(NC(=O)CCC(=O)Nc2sc3c(c2C(=O)OC)CCC(C)C3)sc2c1CCC(C)C2. The van der Waals surface area contributed by atoms with Crippen molar-refractivity contribution in [2.45, 2.75) is 65.2 Å². The molecule has 10 heteroatoms. The van der Waals surface area contributed by atoms with Crippen LogP contribution in [-0.4, -0.2) is 38.0 Å².